The third-order valence-corrected chi connectivity index (χ3v) is 4.35. The van der Waals surface area contributed by atoms with Crippen LogP contribution in [0.2, 0.25) is 0 Å². The number of sulfonamides is 1. The van der Waals surface area contributed by atoms with Gasteiger partial charge >= 0.3 is 0 Å². The number of benzene rings is 2. The number of ether oxygens (including phenoxy) is 2. The Labute approximate surface area is 151 Å². The van der Waals surface area contributed by atoms with Crippen LogP contribution in [-0.4, -0.2) is 27.5 Å². The van der Waals surface area contributed by atoms with E-state index in [1.807, 2.05) is 6.07 Å². The van der Waals surface area contributed by atoms with Gasteiger partial charge in [-0.25, -0.2) is 13.6 Å². The molecule has 0 spiro atoms. The molecule has 0 saturated heterocycles. The number of primary sulfonamides is 1. The summed E-state index contributed by atoms with van der Waals surface area (Å²) in [7, 11) is -2.36. The third-order valence-electron chi connectivity index (χ3n) is 3.42. The summed E-state index contributed by atoms with van der Waals surface area (Å²) in [6, 6.07) is 12.0. The molecule has 0 aliphatic carbocycles. The van der Waals surface area contributed by atoms with E-state index in [2.05, 4.69) is 5.32 Å². The maximum Gasteiger partial charge on any atom is 0.265 e. The molecule has 0 unspecified atom stereocenters. The van der Waals surface area contributed by atoms with Crippen molar-refractivity contribution < 1.29 is 22.7 Å². The number of anilines is 1. The van der Waals surface area contributed by atoms with Gasteiger partial charge in [0, 0.05) is 11.8 Å². The molecule has 2 aromatic carbocycles. The molecule has 0 saturated carbocycles. The van der Waals surface area contributed by atoms with Crippen molar-refractivity contribution in [2.45, 2.75) is 17.9 Å². The number of methoxy groups -OCH3 is 1. The quantitative estimate of drug-likeness (QED) is 0.788. The normalized spacial score (nSPS) is 11.9. The molecule has 9 heteroatoms. The highest BCUT2D eigenvalue weighted by Crippen LogP contribution is 2.29. The SMILES string of the molecule is COc1cc(C#N)ccc1O[C@H](C)C(=O)Nc1ccc(S(N)(=O)=O)cc1. The molecule has 3 N–H and O–H groups in total. The second-order valence-corrected chi connectivity index (χ2v) is 6.86. The molecule has 2 aromatic rings. The number of hydrogen-bond acceptors (Lipinski definition) is 6. The van der Waals surface area contributed by atoms with Gasteiger partial charge in [0.1, 0.15) is 0 Å². The van der Waals surface area contributed by atoms with Crippen molar-refractivity contribution in [1.29, 1.82) is 5.26 Å². The Morgan fingerprint density at radius 3 is 2.38 bits per heavy atom. The van der Waals surface area contributed by atoms with Gasteiger partial charge in [0.15, 0.2) is 17.6 Å². The lowest BCUT2D eigenvalue weighted by molar-refractivity contribution is -0.122. The number of carbonyl (C=O) groups excluding carboxylic acids is 1. The molecule has 2 rings (SSSR count). The van der Waals surface area contributed by atoms with E-state index in [-0.39, 0.29) is 4.90 Å². The minimum absolute atomic E-state index is 0.0536. The first-order valence-corrected chi connectivity index (χ1v) is 8.97. The molecule has 1 atom stereocenters. The lowest BCUT2D eigenvalue weighted by atomic mass is 10.2. The average Bonchev–Trinajstić information content (AvgIpc) is 2.61. The summed E-state index contributed by atoms with van der Waals surface area (Å²) in [6.07, 6.45) is -0.866. The molecule has 0 radical (unpaired) electrons. The van der Waals surface area contributed by atoms with Crippen molar-refractivity contribution in [3.63, 3.8) is 0 Å². The predicted octanol–water partition coefficient (Wildman–Crippen LogP) is 1.62. The summed E-state index contributed by atoms with van der Waals surface area (Å²) >= 11 is 0. The second kappa shape index (κ2) is 7.86. The van der Waals surface area contributed by atoms with Gasteiger partial charge in [0.05, 0.1) is 23.6 Å². The fourth-order valence-electron chi connectivity index (χ4n) is 2.05. The number of nitrogens with zero attached hydrogens (tertiary/aromatic N) is 1. The first-order valence-electron chi connectivity index (χ1n) is 7.43. The first-order chi connectivity index (χ1) is 12.2. The van der Waals surface area contributed by atoms with Crippen molar-refractivity contribution in [3.05, 3.63) is 48.0 Å². The third kappa shape index (κ3) is 4.72. The molecular formula is C17H17N3O5S. The smallest absolute Gasteiger partial charge is 0.265 e. The van der Waals surface area contributed by atoms with Gasteiger partial charge in [0.25, 0.3) is 5.91 Å². The van der Waals surface area contributed by atoms with Gasteiger partial charge in [-0.15, -0.1) is 0 Å². The van der Waals surface area contributed by atoms with Gasteiger partial charge in [-0.1, -0.05) is 0 Å². The first kappa shape index (κ1) is 19.2. The van der Waals surface area contributed by atoms with Crippen LogP contribution in [0.1, 0.15) is 12.5 Å². The lowest BCUT2D eigenvalue weighted by Gasteiger charge is -2.17. The molecule has 0 fully saturated rings. The van der Waals surface area contributed by atoms with Crippen molar-refractivity contribution in [2.24, 2.45) is 5.14 Å². The Kier molecular flexibility index (Phi) is 5.82. The number of rotatable bonds is 6. The number of nitrogens with one attached hydrogen (secondary N) is 1. The van der Waals surface area contributed by atoms with Crippen LogP contribution in [0.3, 0.4) is 0 Å². The molecule has 8 nitrogen and oxygen atoms in total. The zero-order chi connectivity index (χ0) is 19.3. The zero-order valence-corrected chi connectivity index (χ0v) is 14.9. The highest BCUT2D eigenvalue weighted by molar-refractivity contribution is 7.89. The largest absolute Gasteiger partial charge is 0.493 e. The Morgan fingerprint density at radius 1 is 1.19 bits per heavy atom. The maximum atomic E-state index is 12.2. The summed E-state index contributed by atoms with van der Waals surface area (Å²) in [6.45, 7) is 1.55. The summed E-state index contributed by atoms with van der Waals surface area (Å²) < 4.78 is 33.2. The van der Waals surface area contributed by atoms with Gasteiger partial charge in [0.2, 0.25) is 10.0 Å². The molecule has 0 aromatic heterocycles. The van der Waals surface area contributed by atoms with Crippen LogP contribution in [0.15, 0.2) is 47.4 Å². The highest BCUT2D eigenvalue weighted by Gasteiger charge is 2.18. The van der Waals surface area contributed by atoms with Gasteiger partial charge in [-0.2, -0.15) is 5.26 Å². The lowest BCUT2D eigenvalue weighted by Crippen LogP contribution is -2.30. The number of hydrogen-bond donors (Lipinski definition) is 2. The molecule has 136 valence electrons. The van der Waals surface area contributed by atoms with Crippen molar-refractivity contribution in [1.82, 2.24) is 0 Å². The second-order valence-electron chi connectivity index (χ2n) is 5.30. The predicted molar refractivity (Wildman–Crippen MR) is 94.2 cm³/mol. The van der Waals surface area contributed by atoms with E-state index >= 15 is 0 Å². The molecule has 0 heterocycles. The van der Waals surface area contributed by atoms with Crippen molar-refractivity contribution >= 4 is 21.6 Å². The standard InChI is InChI=1S/C17H17N3O5S/c1-11(25-15-8-3-12(10-18)9-16(15)24-2)17(21)20-13-4-6-14(7-5-13)26(19,22)23/h3-9,11H,1-2H3,(H,20,21)(H2,19,22,23)/t11-/m1/s1. The van der Waals surface area contributed by atoms with Crippen molar-refractivity contribution in [2.75, 3.05) is 12.4 Å². The summed E-state index contributed by atoms with van der Waals surface area (Å²) in [5.41, 5.74) is 0.797. The molecule has 0 bridgehead atoms. The number of nitrogens with two attached hydrogens (primary N) is 1. The summed E-state index contributed by atoms with van der Waals surface area (Å²) in [4.78, 5) is 12.2. The topological polar surface area (TPSA) is 132 Å². The Hall–Kier alpha value is -3.09. The fourth-order valence-corrected chi connectivity index (χ4v) is 2.57. The van der Waals surface area contributed by atoms with Gasteiger partial charge in [-0.05, 0) is 43.3 Å². The van der Waals surface area contributed by atoms with Crippen molar-refractivity contribution in [3.8, 4) is 17.6 Å². The van der Waals surface area contributed by atoms with E-state index in [1.165, 1.54) is 37.4 Å². The maximum absolute atomic E-state index is 12.2. The Balaban J connectivity index is 2.07. The minimum Gasteiger partial charge on any atom is -0.493 e. The van der Waals surface area contributed by atoms with Crippen LogP contribution in [0, 0.1) is 11.3 Å². The van der Waals surface area contributed by atoms with E-state index in [1.54, 1.807) is 19.1 Å². The van der Waals surface area contributed by atoms with Crippen LogP contribution in [0.4, 0.5) is 5.69 Å². The van der Waals surface area contributed by atoms with E-state index in [9.17, 15) is 13.2 Å². The molecule has 0 aliphatic heterocycles. The Morgan fingerprint density at radius 2 is 1.85 bits per heavy atom. The minimum atomic E-state index is -3.79. The van der Waals surface area contributed by atoms with Gasteiger partial charge in [-0.3, -0.25) is 4.79 Å². The van der Waals surface area contributed by atoms with Gasteiger partial charge < -0.3 is 14.8 Å². The Bertz CT molecular complexity index is 949. The molecule has 1 amide bonds. The highest BCUT2D eigenvalue weighted by atomic mass is 32.2. The molecular weight excluding hydrogens is 358 g/mol. The average molecular weight is 375 g/mol. The monoisotopic (exact) mass is 375 g/mol. The number of nitriles is 1. The summed E-state index contributed by atoms with van der Waals surface area (Å²) in [5, 5.41) is 16.5. The van der Waals surface area contributed by atoms with Crippen LogP contribution in [-0.2, 0) is 14.8 Å². The summed E-state index contributed by atoms with van der Waals surface area (Å²) in [5.74, 6) is 0.208. The molecule has 26 heavy (non-hydrogen) atoms. The van der Waals surface area contributed by atoms with Crippen LogP contribution in [0.25, 0.3) is 0 Å². The van der Waals surface area contributed by atoms with E-state index in [4.69, 9.17) is 19.9 Å². The van der Waals surface area contributed by atoms with E-state index < -0.39 is 22.0 Å². The number of carbonyl (C=O) groups is 1. The number of amides is 1. The van der Waals surface area contributed by atoms with Crippen LogP contribution >= 0.6 is 0 Å². The fraction of sp³-hybridized carbons (Fsp3) is 0.176. The van der Waals surface area contributed by atoms with Crippen LogP contribution in [0.5, 0.6) is 11.5 Å². The van der Waals surface area contributed by atoms with E-state index in [0.29, 0.717) is 22.7 Å². The van der Waals surface area contributed by atoms with Crippen LogP contribution < -0.4 is 19.9 Å². The van der Waals surface area contributed by atoms with E-state index in [0.717, 1.165) is 0 Å². The zero-order valence-electron chi connectivity index (χ0n) is 14.1. The molecule has 0 aliphatic rings.